The zero-order valence-electron chi connectivity index (χ0n) is 23.8. The Balaban J connectivity index is 0.00000212. The number of ether oxygens (including phenoxy) is 3. The highest BCUT2D eigenvalue weighted by atomic mass is 35.5. The lowest BCUT2D eigenvalue weighted by Crippen LogP contribution is -2.58. The molecule has 6 rings (SSSR count). The summed E-state index contributed by atoms with van der Waals surface area (Å²) in [5.41, 5.74) is 4.91. The average molecular weight is 640 g/mol. The molecule has 5 N–H and O–H groups in total. The van der Waals surface area contributed by atoms with E-state index in [-0.39, 0.29) is 89.3 Å². The number of hydrogen-bond acceptors (Lipinski definition) is 11. The first-order valence-corrected chi connectivity index (χ1v) is 13.9. The molecular weight excluding hydrogens is 603 g/mol. The summed E-state index contributed by atoms with van der Waals surface area (Å²) in [7, 11) is 0. The van der Waals surface area contributed by atoms with Gasteiger partial charge in [0, 0.05) is 60.6 Å². The van der Waals surface area contributed by atoms with E-state index in [1.807, 2.05) is 0 Å². The third kappa shape index (κ3) is 5.46. The summed E-state index contributed by atoms with van der Waals surface area (Å²) in [5.74, 6) is -2.54. The molecule has 2 aliphatic carbocycles. The molecule has 2 fully saturated rings. The summed E-state index contributed by atoms with van der Waals surface area (Å²) in [5, 5.41) is 33.9. The zero-order chi connectivity index (χ0) is 29.2. The van der Waals surface area contributed by atoms with Crippen molar-refractivity contribution >= 4 is 42.2 Å². The number of phenolic OH excluding ortho intramolecular Hbond substituents is 2. The Morgan fingerprint density at radius 1 is 1.05 bits per heavy atom. The number of hydrogen-bond donors (Lipinski definition) is 4. The third-order valence-corrected chi connectivity index (χ3v) is 9.03. The van der Waals surface area contributed by atoms with E-state index in [0.29, 0.717) is 26.3 Å². The largest absolute Gasteiger partial charge is 0.507 e. The van der Waals surface area contributed by atoms with Crippen LogP contribution in [0.2, 0.25) is 0 Å². The SMILES string of the molecule is CC(=O)[C@]1(N)Cc2c(O)c3c(c(O)c2[C@@H](O[C@H]2C[C@H](N4CCOCC4)[C@H](O)[C@H](C)O2)C1)C(=O)c1ccccc1C3=O.Cl.Cl. The minimum atomic E-state index is -1.47. The van der Waals surface area contributed by atoms with Crippen LogP contribution in [0.15, 0.2) is 24.3 Å². The Bertz CT molecular complexity index is 1450. The van der Waals surface area contributed by atoms with Crippen molar-refractivity contribution < 1.29 is 43.9 Å². The van der Waals surface area contributed by atoms with Gasteiger partial charge < -0.3 is 35.3 Å². The molecule has 0 spiro atoms. The van der Waals surface area contributed by atoms with Gasteiger partial charge in [0.15, 0.2) is 17.9 Å². The lowest BCUT2D eigenvalue weighted by molar-refractivity contribution is -0.257. The van der Waals surface area contributed by atoms with Gasteiger partial charge in [0.1, 0.15) is 17.3 Å². The topological polar surface area (TPSA) is 169 Å². The van der Waals surface area contributed by atoms with Crippen LogP contribution in [0.25, 0.3) is 0 Å². The van der Waals surface area contributed by atoms with Gasteiger partial charge in [-0.15, -0.1) is 24.8 Å². The Hall–Kier alpha value is -2.61. The van der Waals surface area contributed by atoms with Crippen LogP contribution in [0.1, 0.15) is 75.8 Å². The second-order valence-electron chi connectivity index (χ2n) is 11.5. The minimum Gasteiger partial charge on any atom is -0.507 e. The molecule has 2 saturated heterocycles. The summed E-state index contributed by atoms with van der Waals surface area (Å²) < 4.78 is 17.9. The van der Waals surface area contributed by atoms with Crippen molar-refractivity contribution in [3.8, 4) is 11.5 Å². The van der Waals surface area contributed by atoms with Crippen molar-refractivity contribution in [3.05, 3.63) is 57.6 Å². The first kappa shape index (κ1) is 33.3. The molecular formula is C30H36Cl2N2O9. The zero-order valence-corrected chi connectivity index (χ0v) is 25.4. The van der Waals surface area contributed by atoms with Crippen molar-refractivity contribution in [1.29, 1.82) is 0 Å². The van der Waals surface area contributed by atoms with Crippen LogP contribution in [0, 0.1) is 0 Å². The normalized spacial score (nSPS) is 30.3. The summed E-state index contributed by atoms with van der Waals surface area (Å²) in [6.07, 6.45) is -3.20. The van der Waals surface area contributed by atoms with E-state index in [0.717, 1.165) is 0 Å². The third-order valence-electron chi connectivity index (χ3n) is 9.03. The van der Waals surface area contributed by atoms with Gasteiger partial charge in [-0.2, -0.15) is 0 Å². The average Bonchev–Trinajstić information content (AvgIpc) is 2.95. The molecule has 4 aliphatic rings. The van der Waals surface area contributed by atoms with Crippen LogP contribution >= 0.6 is 24.8 Å². The number of fused-ring (bicyclic) bond motifs is 3. The van der Waals surface area contributed by atoms with E-state index in [1.165, 1.54) is 19.1 Å². The van der Waals surface area contributed by atoms with Crippen molar-refractivity contribution in [3.63, 3.8) is 0 Å². The van der Waals surface area contributed by atoms with Gasteiger partial charge in [-0.05, 0) is 13.8 Å². The van der Waals surface area contributed by atoms with Gasteiger partial charge in [-0.3, -0.25) is 19.3 Å². The number of aliphatic hydroxyl groups excluding tert-OH is 1. The minimum absolute atomic E-state index is 0. The van der Waals surface area contributed by atoms with Gasteiger partial charge in [-0.1, -0.05) is 24.3 Å². The van der Waals surface area contributed by atoms with Crippen molar-refractivity contribution in [1.82, 2.24) is 4.90 Å². The monoisotopic (exact) mass is 638 g/mol. The second kappa shape index (κ2) is 12.4. The van der Waals surface area contributed by atoms with Crippen LogP contribution in [0.5, 0.6) is 11.5 Å². The number of aliphatic hydroxyl groups is 1. The van der Waals surface area contributed by atoms with E-state index in [4.69, 9.17) is 19.9 Å². The number of benzene rings is 2. The smallest absolute Gasteiger partial charge is 0.198 e. The maximum absolute atomic E-state index is 13.5. The molecule has 13 heteroatoms. The summed E-state index contributed by atoms with van der Waals surface area (Å²) in [6, 6.07) is 5.93. The molecule has 2 aromatic carbocycles. The fraction of sp³-hybridized carbons (Fsp3) is 0.500. The van der Waals surface area contributed by atoms with Crippen molar-refractivity contribution in [2.75, 3.05) is 26.3 Å². The molecule has 0 saturated carbocycles. The van der Waals surface area contributed by atoms with Gasteiger partial charge in [0.05, 0.1) is 48.2 Å². The van der Waals surface area contributed by atoms with Crippen LogP contribution in [0.4, 0.5) is 0 Å². The first-order valence-electron chi connectivity index (χ1n) is 13.9. The predicted molar refractivity (Wildman–Crippen MR) is 158 cm³/mol. The molecule has 11 nitrogen and oxygen atoms in total. The number of Topliss-reactive ketones (excluding diaryl/α,β-unsaturated/α-hetero) is 1. The van der Waals surface area contributed by atoms with Gasteiger partial charge in [0.25, 0.3) is 0 Å². The van der Waals surface area contributed by atoms with E-state index >= 15 is 0 Å². The molecule has 43 heavy (non-hydrogen) atoms. The second-order valence-corrected chi connectivity index (χ2v) is 11.5. The quantitative estimate of drug-likeness (QED) is 0.309. The van der Waals surface area contributed by atoms with Crippen LogP contribution in [0.3, 0.4) is 0 Å². The molecule has 0 radical (unpaired) electrons. The number of aromatic hydroxyl groups is 2. The number of rotatable bonds is 4. The van der Waals surface area contributed by atoms with Crippen LogP contribution in [-0.4, -0.2) is 94.0 Å². The highest BCUT2D eigenvalue weighted by Crippen LogP contribution is 2.51. The summed E-state index contributed by atoms with van der Waals surface area (Å²) in [6.45, 7) is 5.45. The number of ketones is 3. The molecule has 2 aliphatic heterocycles. The number of nitrogens with two attached hydrogens (primary N) is 1. The van der Waals surface area contributed by atoms with Crippen LogP contribution < -0.4 is 5.73 Å². The Kier molecular flexibility index (Phi) is 9.61. The Morgan fingerprint density at radius 2 is 1.63 bits per heavy atom. The van der Waals surface area contributed by atoms with Gasteiger partial charge in [0.2, 0.25) is 0 Å². The molecule has 2 aromatic rings. The maximum atomic E-state index is 13.5. The fourth-order valence-corrected chi connectivity index (χ4v) is 6.68. The van der Waals surface area contributed by atoms with E-state index in [2.05, 4.69) is 4.90 Å². The van der Waals surface area contributed by atoms with Gasteiger partial charge >= 0.3 is 0 Å². The number of phenols is 2. The summed E-state index contributed by atoms with van der Waals surface area (Å²) >= 11 is 0. The fourth-order valence-electron chi connectivity index (χ4n) is 6.68. The van der Waals surface area contributed by atoms with E-state index < -0.39 is 53.2 Å². The van der Waals surface area contributed by atoms with E-state index in [9.17, 15) is 29.7 Å². The summed E-state index contributed by atoms with van der Waals surface area (Å²) in [4.78, 5) is 41.9. The van der Waals surface area contributed by atoms with E-state index in [1.54, 1.807) is 19.1 Å². The molecule has 0 aromatic heterocycles. The number of carbonyl (C=O) groups is 3. The Labute approximate surface area is 261 Å². The molecule has 2 heterocycles. The van der Waals surface area contributed by atoms with Crippen LogP contribution in [-0.2, 0) is 25.4 Å². The first-order chi connectivity index (χ1) is 19.5. The standard InChI is InChI=1S/C30H34N2O9.2ClH/c1-14-25(34)19(32-7-9-39-10-8-32)11-21(40-14)41-20-13-30(31,15(2)33)12-18-22(20)29(38)24-23(28(18)37)26(35)16-5-3-4-6-17(16)27(24)36;;/h3-6,14,19-21,25,34,37-38H,7-13,31H2,1-2H3;2*1H/t14-,19-,20-,21-,25+,30-;;/m0../s1. The van der Waals surface area contributed by atoms with Gasteiger partial charge in [-0.25, -0.2) is 0 Å². The maximum Gasteiger partial charge on any atom is 0.198 e. The highest BCUT2D eigenvalue weighted by Gasteiger charge is 2.49. The highest BCUT2D eigenvalue weighted by molar-refractivity contribution is 6.30. The lowest BCUT2D eigenvalue weighted by atomic mass is 9.71. The van der Waals surface area contributed by atoms with Crippen molar-refractivity contribution in [2.45, 2.75) is 69.3 Å². The lowest BCUT2D eigenvalue weighted by Gasteiger charge is -2.46. The molecule has 6 atom stereocenters. The number of morpholine rings is 1. The number of halogens is 2. The molecule has 0 amide bonds. The number of carbonyl (C=O) groups excluding carboxylic acids is 3. The Morgan fingerprint density at radius 3 is 2.21 bits per heavy atom. The molecule has 0 unspecified atom stereocenters. The molecule has 0 bridgehead atoms. The van der Waals surface area contributed by atoms with Crippen molar-refractivity contribution in [2.24, 2.45) is 5.73 Å². The predicted octanol–water partition coefficient (Wildman–Crippen LogP) is 2.20. The molecule has 234 valence electrons. The number of nitrogens with zero attached hydrogens (tertiary/aromatic N) is 1.